The van der Waals surface area contributed by atoms with Crippen molar-refractivity contribution in [1.82, 2.24) is 14.4 Å². The molecule has 1 atom stereocenters. The zero-order valence-electron chi connectivity index (χ0n) is 8.29. The molecule has 2 aromatic heterocycles. The minimum atomic E-state index is -0.846. The van der Waals surface area contributed by atoms with Gasteiger partial charge in [0, 0.05) is 18.6 Å². The third-order valence-electron chi connectivity index (χ3n) is 2.32. The molecule has 0 amide bonds. The highest BCUT2D eigenvalue weighted by Crippen LogP contribution is 2.18. The third-order valence-corrected chi connectivity index (χ3v) is 2.32. The molecule has 78 valence electrons. The van der Waals surface area contributed by atoms with Crippen LogP contribution in [0.15, 0.2) is 24.7 Å². The van der Waals surface area contributed by atoms with E-state index in [4.69, 9.17) is 5.11 Å². The summed E-state index contributed by atoms with van der Waals surface area (Å²) in [7, 11) is 0. The van der Waals surface area contributed by atoms with Crippen LogP contribution in [-0.2, 0) is 4.79 Å². The number of fused-ring (bicyclic) bond motifs is 1. The third kappa shape index (κ3) is 1.68. The second-order valence-electron chi connectivity index (χ2n) is 3.29. The van der Waals surface area contributed by atoms with Crippen LogP contribution in [-0.4, -0.2) is 25.4 Å². The van der Waals surface area contributed by atoms with E-state index >= 15 is 0 Å². The maximum atomic E-state index is 10.9. The van der Waals surface area contributed by atoms with Gasteiger partial charge in [0.2, 0.25) is 5.78 Å². The smallest absolute Gasteiger partial charge is 0.312 e. The lowest BCUT2D eigenvalue weighted by Gasteiger charge is -2.03. The normalized spacial score (nSPS) is 12.9. The van der Waals surface area contributed by atoms with E-state index in [0.29, 0.717) is 17.9 Å². The van der Waals surface area contributed by atoms with Crippen molar-refractivity contribution in [3.63, 3.8) is 0 Å². The van der Waals surface area contributed by atoms with Crippen LogP contribution in [0.5, 0.6) is 0 Å². The number of aromatic nitrogens is 3. The number of carboxylic acid groups (broad SMARTS) is 1. The summed E-state index contributed by atoms with van der Waals surface area (Å²) in [6.07, 6.45) is 5.67. The molecule has 2 rings (SSSR count). The molecule has 0 aliphatic carbocycles. The van der Waals surface area contributed by atoms with Crippen LogP contribution in [0.2, 0.25) is 0 Å². The highest BCUT2D eigenvalue weighted by atomic mass is 16.4. The number of carbonyl (C=O) groups is 1. The summed E-state index contributed by atoms with van der Waals surface area (Å²) in [6, 6.07) is 1.78. The van der Waals surface area contributed by atoms with Gasteiger partial charge in [-0.2, -0.15) is 0 Å². The Morgan fingerprint density at radius 1 is 1.67 bits per heavy atom. The van der Waals surface area contributed by atoms with Crippen LogP contribution < -0.4 is 0 Å². The number of imidazole rings is 1. The fourth-order valence-electron chi connectivity index (χ4n) is 1.53. The zero-order chi connectivity index (χ0) is 10.8. The summed E-state index contributed by atoms with van der Waals surface area (Å²) in [5.74, 6) is -0.861. The molecule has 0 aliphatic rings. The van der Waals surface area contributed by atoms with E-state index < -0.39 is 11.9 Å². The molecule has 0 radical (unpaired) electrons. The fraction of sp³-hybridized carbons (Fsp3) is 0.300. The van der Waals surface area contributed by atoms with Gasteiger partial charge >= 0.3 is 5.97 Å². The largest absolute Gasteiger partial charge is 0.481 e. The molecule has 15 heavy (non-hydrogen) atoms. The van der Waals surface area contributed by atoms with Crippen molar-refractivity contribution >= 4 is 11.7 Å². The number of rotatable bonds is 3. The van der Waals surface area contributed by atoms with Gasteiger partial charge in [-0.15, -0.1) is 0 Å². The van der Waals surface area contributed by atoms with Gasteiger partial charge in [0.05, 0.1) is 5.69 Å². The maximum absolute atomic E-state index is 10.9. The first-order chi connectivity index (χ1) is 7.22. The van der Waals surface area contributed by atoms with E-state index in [1.54, 1.807) is 29.1 Å². The van der Waals surface area contributed by atoms with Gasteiger partial charge in [0.15, 0.2) is 0 Å². The molecule has 2 heterocycles. The zero-order valence-corrected chi connectivity index (χ0v) is 8.29. The van der Waals surface area contributed by atoms with Crippen molar-refractivity contribution < 1.29 is 9.90 Å². The molecule has 0 bridgehead atoms. The standard InChI is InChI=1S/C10H11N3O2/c1-2-7(9(14)15)8-6-13-5-3-4-11-10(13)12-8/h3-7H,2H2,1H3,(H,14,15)/t7-/m1/s1. The molecule has 0 fully saturated rings. The van der Waals surface area contributed by atoms with Crippen LogP contribution in [0, 0.1) is 0 Å². The molecular formula is C10H11N3O2. The van der Waals surface area contributed by atoms with Crippen LogP contribution in [0.4, 0.5) is 0 Å². The van der Waals surface area contributed by atoms with Crippen molar-refractivity contribution in [2.75, 3.05) is 0 Å². The Balaban J connectivity index is 2.47. The Labute approximate surface area is 86.4 Å². The van der Waals surface area contributed by atoms with Crippen LogP contribution >= 0.6 is 0 Å². The SMILES string of the molecule is CC[C@@H](C(=O)O)c1cn2cccnc2n1. The van der Waals surface area contributed by atoms with E-state index in [9.17, 15) is 4.79 Å². The Morgan fingerprint density at radius 2 is 2.47 bits per heavy atom. The van der Waals surface area contributed by atoms with Crippen molar-refractivity contribution in [2.45, 2.75) is 19.3 Å². The van der Waals surface area contributed by atoms with Crippen LogP contribution in [0.25, 0.3) is 5.78 Å². The van der Waals surface area contributed by atoms with E-state index in [-0.39, 0.29) is 0 Å². The minimum Gasteiger partial charge on any atom is -0.481 e. The molecule has 5 nitrogen and oxygen atoms in total. The van der Waals surface area contributed by atoms with Crippen molar-refractivity contribution in [3.05, 3.63) is 30.4 Å². The molecular weight excluding hydrogens is 194 g/mol. The topological polar surface area (TPSA) is 67.5 Å². The summed E-state index contributed by atoms with van der Waals surface area (Å²) < 4.78 is 1.72. The van der Waals surface area contributed by atoms with Gasteiger partial charge < -0.3 is 5.11 Å². The van der Waals surface area contributed by atoms with Gasteiger partial charge in [0.25, 0.3) is 0 Å². The van der Waals surface area contributed by atoms with Crippen molar-refractivity contribution in [3.8, 4) is 0 Å². The first-order valence-electron chi connectivity index (χ1n) is 4.74. The quantitative estimate of drug-likeness (QED) is 0.820. The Bertz CT molecular complexity index is 459. The summed E-state index contributed by atoms with van der Waals surface area (Å²) in [4.78, 5) is 19.2. The predicted molar refractivity (Wildman–Crippen MR) is 53.7 cm³/mol. The van der Waals surface area contributed by atoms with Crippen molar-refractivity contribution in [2.24, 2.45) is 0 Å². The number of nitrogens with zero attached hydrogens (tertiary/aromatic N) is 3. The highest BCUT2D eigenvalue weighted by Gasteiger charge is 2.20. The first kappa shape index (κ1) is 9.64. The lowest BCUT2D eigenvalue weighted by Crippen LogP contribution is -2.10. The molecule has 5 heteroatoms. The van der Waals surface area contributed by atoms with Gasteiger partial charge in [-0.05, 0) is 12.5 Å². The first-order valence-corrected chi connectivity index (χ1v) is 4.74. The maximum Gasteiger partial charge on any atom is 0.312 e. The number of aliphatic carboxylic acids is 1. The molecule has 1 N–H and O–H groups in total. The Hall–Kier alpha value is -1.91. The second kappa shape index (κ2) is 3.68. The lowest BCUT2D eigenvalue weighted by molar-refractivity contribution is -0.138. The molecule has 0 aromatic carbocycles. The lowest BCUT2D eigenvalue weighted by atomic mass is 10.0. The minimum absolute atomic E-state index is 0.527. The van der Waals surface area contributed by atoms with Gasteiger partial charge in [-0.3, -0.25) is 9.20 Å². The monoisotopic (exact) mass is 205 g/mol. The summed E-state index contributed by atoms with van der Waals surface area (Å²) >= 11 is 0. The number of carboxylic acids is 1. The number of hydrogen-bond acceptors (Lipinski definition) is 3. The molecule has 0 aliphatic heterocycles. The fourth-order valence-corrected chi connectivity index (χ4v) is 1.53. The van der Waals surface area contributed by atoms with Crippen molar-refractivity contribution in [1.29, 1.82) is 0 Å². The average molecular weight is 205 g/mol. The highest BCUT2D eigenvalue weighted by molar-refractivity contribution is 5.75. The summed E-state index contributed by atoms with van der Waals surface area (Å²) in [5.41, 5.74) is 0.559. The molecule has 0 unspecified atom stereocenters. The van der Waals surface area contributed by atoms with E-state index in [1.807, 2.05) is 6.92 Å². The molecule has 0 spiro atoms. The second-order valence-corrected chi connectivity index (χ2v) is 3.29. The van der Waals surface area contributed by atoms with E-state index in [1.165, 1.54) is 0 Å². The van der Waals surface area contributed by atoms with E-state index in [2.05, 4.69) is 9.97 Å². The van der Waals surface area contributed by atoms with E-state index in [0.717, 1.165) is 0 Å². The van der Waals surface area contributed by atoms with Crippen LogP contribution in [0.1, 0.15) is 25.0 Å². The van der Waals surface area contributed by atoms with Gasteiger partial charge in [-0.25, -0.2) is 9.97 Å². The molecule has 0 saturated heterocycles. The predicted octanol–water partition coefficient (Wildman–Crippen LogP) is 1.31. The summed E-state index contributed by atoms with van der Waals surface area (Å²) in [5, 5.41) is 8.98. The summed E-state index contributed by atoms with van der Waals surface area (Å²) in [6.45, 7) is 1.83. The van der Waals surface area contributed by atoms with Crippen LogP contribution in [0.3, 0.4) is 0 Å². The van der Waals surface area contributed by atoms with Gasteiger partial charge in [-0.1, -0.05) is 6.92 Å². The number of hydrogen-bond donors (Lipinski definition) is 1. The molecule has 0 saturated carbocycles. The Morgan fingerprint density at radius 3 is 3.07 bits per heavy atom. The Kier molecular flexibility index (Phi) is 2.37. The molecule has 2 aromatic rings. The van der Waals surface area contributed by atoms with Gasteiger partial charge in [0.1, 0.15) is 5.92 Å². The average Bonchev–Trinajstić information content (AvgIpc) is 2.61.